The molecular formula is C8H9ClO4S. The fraction of sp³-hybridized carbons (Fsp3) is 0.250. The number of hydrogen-bond donors (Lipinski definition) is 2. The van der Waals surface area contributed by atoms with E-state index in [1.165, 1.54) is 12.1 Å². The van der Waals surface area contributed by atoms with E-state index >= 15 is 0 Å². The predicted octanol–water partition coefficient (Wildman–Crippen LogP) is 1.12. The van der Waals surface area contributed by atoms with Crippen LogP contribution in [0.15, 0.2) is 23.1 Å². The van der Waals surface area contributed by atoms with E-state index in [1.807, 2.05) is 0 Å². The lowest BCUT2D eigenvalue weighted by atomic mass is 10.2. The van der Waals surface area contributed by atoms with Crippen LogP contribution in [0, 0.1) is 0 Å². The number of halogens is 1. The van der Waals surface area contributed by atoms with Crippen molar-refractivity contribution >= 4 is 21.7 Å². The Hall–Kier alpha value is -0.620. The first-order valence-corrected chi connectivity index (χ1v) is 5.63. The third-order valence-corrected chi connectivity index (χ3v) is 2.86. The van der Waals surface area contributed by atoms with Gasteiger partial charge in [-0.25, -0.2) is 0 Å². The van der Waals surface area contributed by atoms with Gasteiger partial charge in [-0.3, -0.25) is 4.55 Å². The zero-order valence-corrected chi connectivity index (χ0v) is 8.72. The van der Waals surface area contributed by atoms with E-state index in [0.29, 0.717) is 5.56 Å². The van der Waals surface area contributed by atoms with Crippen LogP contribution in [0.3, 0.4) is 0 Å². The molecule has 0 heterocycles. The quantitative estimate of drug-likeness (QED) is 0.772. The number of aliphatic hydroxyl groups is 1. The van der Waals surface area contributed by atoms with E-state index in [2.05, 4.69) is 0 Å². The number of hydrogen-bond acceptors (Lipinski definition) is 3. The largest absolute Gasteiger partial charge is 0.396 e. The predicted molar refractivity (Wildman–Crippen MR) is 52.1 cm³/mol. The van der Waals surface area contributed by atoms with Gasteiger partial charge >= 0.3 is 0 Å². The summed E-state index contributed by atoms with van der Waals surface area (Å²) in [6.45, 7) is -0.190. The molecule has 0 saturated carbocycles. The molecule has 6 heteroatoms. The van der Waals surface area contributed by atoms with E-state index < -0.39 is 10.1 Å². The second-order valence-corrected chi connectivity index (χ2v) is 4.53. The summed E-state index contributed by atoms with van der Waals surface area (Å²) in [4.78, 5) is -0.251. The first kappa shape index (κ1) is 11.5. The molecule has 0 aliphatic rings. The lowest BCUT2D eigenvalue weighted by Crippen LogP contribution is -2.04. The van der Waals surface area contributed by atoms with Crippen molar-refractivity contribution < 1.29 is 18.1 Å². The van der Waals surface area contributed by atoms with Gasteiger partial charge in [0.05, 0.1) is 4.90 Å². The van der Waals surface area contributed by atoms with Crippen LogP contribution in [0.25, 0.3) is 0 Å². The Bertz CT molecular complexity index is 427. The van der Waals surface area contributed by atoms with Gasteiger partial charge in [0.15, 0.2) is 0 Å². The Morgan fingerprint density at radius 3 is 2.50 bits per heavy atom. The Morgan fingerprint density at radius 1 is 1.36 bits per heavy atom. The van der Waals surface area contributed by atoms with E-state index in [9.17, 15) is 8.42 Å². The SMILES string of the molecule is O=S(=O)(O)c1cc(Cl)ccc1CCO. The van der Waals surface area contributed by atoms with Gasteiger partial charge in [-0.1, -0.05) is 17.7 Å². The minimum absolute atomic E-state index is 0.159. The molecule has 4 nitrogen and oxygen atoms in total. The summed E-state index contributed by atoms with van der Waals surface area (Å²) in [7, 11) is -4.27. The van der Waals surface area contributed by atoms with Crippen LogP contribution >= 0.6 is 11.6 Å². The Balaban J connectivity index is 3.30. The molecule has 14 heavy (non-hydrogen) atoms. The number of rotatable bonds is 3. The molecule has 0 aliphatic heterocycles. The van der Waals surface area contributed by atoms with Gasteiger partial charge in [0.1, 0.15) is 0 Å². The zero-order valence-electron chi connectivity index (χ0n) is 7.14. The van der Waals surface area contributed by atoms with Gasteiger partial charge in [-0.2, -0.15) is 8.42 Å². The van der Waals surface area contributed by atoms with Gasteiger partial charge in [0.25, 0.3) is 10.1 Å². The molecule has 1 aromatic carbocycles. The molecule has 0 amide bonds. The van der Waals surface area contributed by atoms with Gasteiger partial charge in [-0.15, -0.1) is 0 Å². The highest BCUT2D eigenvalue weighted by Gasteiger charge is 2.15. The molecule has 0 radical (unpaired) electrons. The fourth-order valence-corrected chi connectivity index (χ4v) is 2.11. The maximum Gasteiger partial charge on any atom is 0.294 e. The maximum atomic E-state index is 10.9. The van der Waals surface area contributed by atoms with Crippen LogP contribution in [0.2, 0.25) is 5.02 Å². The molecule has 0 fully saturated rings. The average molecular weight is 237 g/mol. The Labute approximate surface area is 86.9 Å². The van der Waals surface area contributed by atoms with Gasteiger partial charge in [0.2, 0.25) is 0 Å². The summed E-state index contributed by atoms with van der Waals surface area (Å²) in [5.41, 5.74) is 0.347. The van der Waals surface area contributed by atoms with Crippen molar-refractivity contribution in [2.75, 3.05) is 6.61 Å². The molecule has 78 valence electrons. The molecule has 0 spiro atoms. The van der Waals surface area contributed by atoms with Crippen LogP contribution in [0.5, 0.6) is 0 Å². The van der Waals surface area contributed by atoms with Crippen molar-refractivity contribution in [2.24, 2.45) is 0 Å². The lowest BCUT2D eigenvalue weighted by molar-refractivity contribution is 0.298. The summed E-state index contributed by atoms with van der Waals surface area (Å²) in [5, 5.41) is 8.89. The van der Waals surface area contributed by atoms with Gasteiger partial charge < -0.3 is 5.11 Å². The van der Waals surface area contributed by atoms with Gasteiger partial charge in [-0.05, 0) is 24.1 Å². The van der Waals surface area contributed by atoms with E-state index in [4.69, 9.17) is 21.3 Å². The summed E-state index contributed by atoms with van der Waals surface area (Å²) in [6.07, 6.45) is 0.159. The monoisotopic (exact) mass is 236 g/mol. The molecule has 0 unspecified atom stereocenters. The van der Waals surface area contributed by atoms with Crippen molar-refractivity contribution in [3.05, 3.63) is 28.8 Å². The van der Waals surface area contributed by atoms with Crippen molar-refractivity contribution in [2.45, 2.75) is 11.3 Å². The number of benzene rings is 1. The average Bonchev–Trinajstić information content (AvgIpc) is 2.07. The van der Waals surface area contributed by atoms with Crippen LogP contribution in [-0.4, -0.2) is 24.7 Å². The van der Waals surface area contributed by atoms with E-state index in [1.54, 1.807) is 0 Å². The maximum absolute atomic E-state index is 10.9. The smallest absolute Gasteiger partial charge is 0.294 e. The molecule has 0 bridgehead atoms. The first-order chi connectivity index (χ1) is 6.45. The van der Waals surface area contributed by atoms with Crippen LogP contribution in [-0.2, 0) is 16.5 Å². The molecule has 0 aromatic heterocycles. The molecule has 0 atom stereocenters. The highest BCUT2D eigenvalue weighted by atomic mass is 35.5. The van der Waals surface area contributed by atoms with Crippen molar-refractivity contribution in [1.29, 1.82) is 0 Å². The van der Waals surface area contributed by atoms with Crippen molar-refractivity contribution in [3.8, 4) is 0 Å². The molecule has 1 rings (SSSR count). The van der Waals surface area contributed by atoms with Gasteiger partial charge in [0, 0.05) is 11.6 Å². The minimum atomic E-state index is -4.27. The van der Waals surface area contributed by atoms with Crippen molar-refractivity contribution in [1.82, 2.24) is 0 Å². The standard InChI is InChI=1S/C8H9ClO4S/c9-7-2-1-6(3-4-10)8(5-7)14(11,12)13/h1-2,5,10H,3-4H2,(H,11,12,13). The topological polar surface area (TPSA) is 74.6 Å². The zero-order chi connectivity index (χ0) is 10.8. The van der Waals surface area contributed by atoms with Crippen LogP contribution in [0.1, 0.15) is 5.56 Å². The van der Waals surface area contributed by atoms with E-state index in [-0.39, 0.29) is 22.9 Å². The highest BCUT2D eigenvalue weighted by Crippen LogP contribution is 2.20. The fourth-order valence-electron chi connectivity index (χ4n) is 1.10. The molecule has 0 saturated heterocycles. The minimum Gasteiger partial charge on any atom is -0.396 e. The second kappa shape index (κ2) is 4.27. The highest BCUT2D eigenvalue weighted by molar-refractivity contribution is 7.85. The summed E-state index contributed by atoms with van der Waals surface area (Å²) < 4.78 is 30.6. The Kier molecular flexibility index (Phi) is 3.49. The lowest BCUT2D eigenvalue weighted by Gasteiger charge is -2.05. The summed E-state index contributed by atoms with van der Waals surface area (Å²) in [6, 6.07) is 4.12. The normalized spacial score (nSPS) is 11.6. The van der Waals surface area contributed by atoms with E-state index in [0.717, 1.165) is 6.07 Å². The summed E-state index contributed by atoms with van der Waals surface area (Å²) >= 11 is 5.58. The van der Waals surface area contributed by atoms with Crippen LogP contribution < -0.4 is 0 Å². The second-order valence-electron chi connectivity index (χ2n) is 2.70. The molecular weight excluding hydrogens is 228 g/mol. The molecule has 1 aromatic rings. The van der Waals surface area contributed by atoms with Crippen molar-refractivity contribution in [3.63, 3.8) is 0 Å². The molecule has 2 N–H and O–H groups in total. The number of aliphatic hydroxyl groups excluding tert-OH is 1. The third-order valence-electron chi connectivity index (χ3n) is 1.69. The Morgan fingerprint density at radius 2 is 2.00 bits per heavy atom. The third kappa shape index (κ3) is 2.68. The summed E-state index contributed by atoms with van der Waals surface area (Å²) in [5.74, 6) is 0. The first-order valence-electron chi connectivity index (χ1n) is 3.82. The molecule has 0 aliphatic carbocycles. The van der Waals surface area contributed by atoms with Crippen LogP contribution in [0.4, 0.5) is 0 Å².